The summed E-state index contributed by atoms with van der Waals surface area (Å²) < 4.78 is 13.8. The molecule has 1 aromatic heterocycles. The quantitative estimate of drug-likeness (QED) is 0.311. The molecular weight excluding hydrogens is 482 g/mol. The van der Waals surface area contributed by atoms with Gasteiger partial charge in [-0.25, -0.2) is 4.98 Å². The van der Waals surface area contributed by atoms with Gasteiger partial charge < -0.3 is 9.47 Å². The van der Waals surface area contributed by atoms with E-state index in [2.05, 4.69) is 32.1 Å². The van der Waals surface area contributed by atoms with E-state index >= 15 is 0 Å². The van der Waals surface area contributed by atoms with Gasteiger partial charge in [0, 0.05) is 16.5 Å². The maximum Gasteiger partial charge on any atom is 0.282 e. The summed E-state index contributed by atoms with van der Waals surface area (Å²) in [5, 5.41) is 5.00. The molecule has 0 spiro atoms. The Bertz CT molecular complexity index is 1400. The fourth-order valence-corrected chi connectivity index (χ4v) is 3.93. The molecule has 0 radical (unpaired) electrons. The van der Waals surface area contributed by atoms with Crippen LogP contribution in [0, 0.1) is 6.92 Å². The lowest BCUT2D eigenvalue weighted by atomic mass is 10.1. The number of hydrogen-bond acceptors (Lipinski definition) is 5. The van der Waals surface area contributed by atoms with E-state index in [9.17, 15) is 4.79 Å². The number of hydrogen-bond donors (Lipinski definition) is 0. The second-order valence-electron chi connectivity index (χ2n) is 7.56. The van der Waals surface area contributed by atoms with Crippen molar-refractivity contribution in [1.29, 1.82) is 0 Å². The van der Waals surface area contributed by atoms with Crippen LogP contribution in [0.15, 0.2) is 75.0 Å². The van der Waals surface area contributed by atoms with Crippen molar-refractivity contribution in [2.75, 3.05) is 7.11 Å². The van der Waals surface area contributed by atoms with Crippen molar-refractivity contribution in [2.24, 2.45) is 5.10 Å². The minimum atomic E-state index is -0.223. The van der Waals surface area contributed by atoms with Crippen LogP contribution in [0.2, 0.25) is 0 Å². The molecule has 0 unspecified atom stereocenters. The van der Waals surface area contributed by atoms with Gasteiger partial charge >= 0.3 is 0 Å². The average Bonchev–Trinajstić information content (AvgIpc) is 2.82. The van der Waals surface area contributed by atoms with Gasteiger partial charge in [0.25, 0.3) is 5.56 Å². The lowest BCUT2D eigenvalue weighted by Gasteiger charge is -2.14. The monoisotopic (exact) mass is 505 g/mol. The Hall–Kier alpha value is -3.45. The van der Waals surface area contributed by atoms with Crippen molar-refractivity contribution in [2.45, 2.75) is 26.9 Å². The number of para-hydroxylation sites is 1. The van der Waals surface area contributed by atoms with Crippen molar-refractivity contribution in [3.63, 3.8) is 0 Å². The molecule has 33 heavy (non-hydrogen) atoms. The summed E-state index contributed by atoms with van der Waals surface area (Å²) in [4.78, 5) is 17.8. The predicted molar refractivity (Wildman–Crippen MR) is 135 cm³/mol. The smallest absolute Gasteiger partial charge is 0.282 e. The summed E-state index contributed by atoms with van der Waals surface area (Å²) >= 11 is 3.42. The molecular formula is C26H24BrN3O3. The fourth-order valence-electron chi connectivity index (χ4n) is 3.57. The average molecular weight is 506 g/mol. The normalized spacial score (nSPS) is 11.3. The lowest BCUT2D eigenvalue weighted by Crippen LogP contribution is -2.22. The zero-order chi connectivity index (χ0) is 23.4. The minimum Gasteiger partial charge on any atom is -0.493 e. The van der Waals surface area contributed by atoms with Gasteiger partial charge in [-0.15, -0.1) is 0 Å². The maximum atomic E-state index is 13.2. The molecule has 6 nitrogen and oxygen atoms in total. The highest BCUT2D eigenvalue weighted by Crippen LogP contribution is 2.31. The number of benzene rings is 3. The Kier molecular flexibility index (Phi) is 6.89. The SMILES string of the molecule is CCc1nc2ccc(Br)cc2c(=O)n1N=Cc1cccc(OC)c1OCc1cccc(C)c1. The highest BCUT2D eigenvalue weighted by Gasteiger charge is 2.12. The van der Waals surface area contributed by atoms with Crippen molar-refractivity contribution >= 4 is 33.0 Å². The van der Waals surface area contributed by atoms with Gasteiger partial charge in [-0.1, -0.05) is 58.7 Å². The van der Waals surface area contributed by atoms with Crippen LogP contribution in [-0.4, -0.2) is 23.0 Å². The molecule has 0 aliphatic rings. The topological polar surface area (TPSA) is 65.7 Å². The predicted octanol–water partition coefficient (Wildman–Crippen LogP) is 5.50. The number of fused-ring (bicyclic) bond motifs is 1. The summed E-state index contributed by atoms with van der Waals surface area (Å²) in [6.07, 6.45) is 2.17. The van der Waals surface area contributed by atoms with Crippen LogP contribution in [0.25, 0.3) is 10.9 Å². The first-order chi connectivity index (χ1) is 16.0. The molecule has 0 atom stereocenters. The van der Waals surface area contributed by atoms with Crippen LogP contribution in [0.1, 0.15) is 29.4 Å². The van der Waals surface area contributed by atoms with Crippen molar-refractivity contribution in [3.8, 4) is 11.5 Å². The molecule has 3 aromatic carbocycles. The van der Waals surface area contributed by atoms with Crippen LogP contribution in [0.3, 0.4) is 0 Å². The Labute approximate surface area is 200 Å². The van der Waals surface area contributed by atoms with Crippen LogP contribution in [0.4, 0.5) is 0 Å². The molecule has 0 saturated heterocycles. The number of rotatable bonds is 7. The zero-order valence-electron chi connectivity index (χ0n) is 18.7. The summed E-state index contributed by atoms with van der Waals surface area (Å²) in [5.74, 6) is 1.74. The van der Waals surface area contributed by atoms with E-state index in [1.165, 1.54) is 10.2 Å². The van der Waals surface area contributed by atoms with Gasteiger partial charge in [-0.2, -0.15) is 9.78 Å². The third kappa shape index (κ3) is 4.98. The first-order valence-corrected chi connectivity index (χ1v) is 11.4. The number of ether oxygens (including phenoxy) is 2. The van der Waals surface area contributed by atoms with Gasteiger partial charge in [0.2, 0.25) is 0 Å². The second kappa shape index (κ2) is 10.0. The maximum absolute atomic E-state index is 13.2. The minimum absolute atomic E-state index is 0.223. The molecule has 0 fully saturated rings. The molecule has 0 bridgehead atoms. The van der Waals surface area contributed by atoms with E-state index in [0.29, 0.717) is 46.8 Å². The Morgan fingerprint density at radius 2 is 1.94 bits per heavy atom. The largest absolute Gasteiger partial charge is 0.493 e. The summed E-state index contributed by atoms with van der Waals surface area (Å²) in [6.45, 7) is 4.37. The molecule has 0 aliphatic heterocycles. The van der Waals surface area contributed by atoms with Gasteiger partial charge in [0.1, 0.15) is 12.4 Å². The molecule has 0 amide bonds. The molecule has 0 aliphatic carbocycles. The van der Waals surface area contributed by atoms with E-state index in [1.807, 2.05) is 62.4 Å². The zero-order valence-corrected chi connectivity index (χ0v) is 20.3. The Morgan fingerprint density at radius 3 is 2.70 bits per heavy atom. The van der Waals surface area contributed by atoms with Crippen molar-refractivity contribution < 1.29 is 9.47 Å². The first-order valence-electron chi connectivity index (χ1n) is 10.6. The molecule has 168 valence electrons. The second-order valence-corrected chi connectivity index (χ2v) is 8.48. The molecule has 0 N–H and O–H groups in total. The van der Waals surface area contributed by atoms with E-state index in [1.54, 1.807) is 19.4 Å². The number of nitrogens with zero attached hydrogens (tertiary/aromatic N) is 3. The summed E-state index contributed by atoms with van der Waals surface area (Å²) in [5.41, 5.74) is 3.34. The number of methoxy groups -OCH3 is 1. The number of aromatic nitrogens is 2. The fraction of sp³-hybridized carbons (Fsp3) is 0.192. The number of aryl methyl sites for hydroxylation is 2. The molecule has 4 aromatic rings. The summed E-state index contributed by atoms with van der Waals surface area (Å²) in [6, 6.07) is 19.2. The Balaban J connectivity index is 1.73. The molecule has 1 heterocycles. The first kappa shape index (κ1) is 22.7. The highest BCUT2D eigenvalue weighted by molar-refractivity contribution is 9.10. The third-order valence-corrected chi connectivity index (χ3v) is 5.69. The van der Waals surface area contributed by atoms with Crippen LogP contribution in [0.5, 0.6) is 11.5 Å². The van der Waals surface area contributed by atoms with Gasteiger partial charge in [0.05, 0.1) is 24.2 Å². The highest BCUT2D eigenvalue weighted by atomic mass is 79.9. The van der Waals surface area contributed by atoms with Crippen molar-refractivity contribution in [1.82, 2.24) is 9.66 Å². The van der Waals surface area contributed by atoms with Crippen LogP contribution in [-0.2, 0) is 13.0 Å². The third-order valence-electron chi connectivity index (χ3n) is 5.20. The van der Waals surface area contributed by atoms with Gasteiger partial charge in [0.15, 0.2) is 11.5 Å². The van der Waals surface area contributed by atoms with E-state index in [-0.39, 0.29) is 5.56 Å². The summed E-state index contributed by atoms with van der Waals surface area (Å²) in [7, 11) is 1.60. The van der Waals surface area contributed by atoms with E-state index in [0.717, 1.165) is 10.0 Å². The molecule has 4 rings (SSSR count). The van der Waals surface area contributed by atoms with Gasteiger partial charge in [-0.3, -0.25) is 4.79 Å². The molecule has 0 saturated carbocycles. The van der Waals surface area contributed by atoms with E-state index in [4.69, 9.17) is 9.47 Å². The lowest BCUT2D eigenvalue weighted by molar-refractivity contribution is 0.284. The standard InChI is InChI=1S/C26H24BrN3O3/c1-4-24-29-22-12-11-20(27)14-21(22)26(31)30(24)28-15-19-9-6-10-23(32-3)25(19)33-16-18-8-5-7-17(2)13-18/h5-15H,4,16H2,1-3H3. The number of halogens is 1. The van der Waals surface area contributed by atoms with Gasteiger partial charge in [-0.05, 0) is 42.8 Å². The van der Waals surface area contributed by atoms with Crippen LogP contribution >= 0.6 is 15.9 Å². The molecule has 7 heteroatoms. The Morgan fingerprint density at radius 1 is 1.12 bits per heavy atom. The van der Waals surface area contributed by atoms with Crippen LogP contribution < -0.4 is 15.0 Å². The van der Waals surface area contributed by atoms with E-state index < -0.39 is 0 Å². The van der Waals surface area contributed by atoms with Crippen molar-refractivity contribution in [3.05, 3.63) is 98.0 Å².